The first-order valence-corrected chi connectivity index (χ1v) is 12.3. The monoisotopic (exact) mass is 503 g/mol. The van der Waals surface area contributed by atoms with Crippen LogP contribution in [0.1, 0.15) is 18.4 Å². The predicted octanol–water partition coefficient (Wildman–Crippen LogP) is 6.57. The molecule has 1 aromatic heterocycles. The molecule has 0 bridgehead atoms. The van der Waals surface area contributed by atoms with E-state index in [-0.39, 0.29) is 5.41 Å². The predicted molar refractivity (Wildman–Crippen MR) is 137 cm³/mol. The number of halogens is 2. The van der Waals surface area contributed by atoms with Crippen molar-refractivity contribution in [2.24, 2.45) is 0 Å². The topological polar surface area (TPSA) is 46.2 Å². The van der Waals surface area contributed by atoms with E-state index >= 15 is 0 Å². The molecule has 8 heteroatoms. The third kappa shape index (κ3) is 6.15. The van der Waals surface area contributed by atoms with Crippen molar-refractivity contribution < 1.29 is 4.74 Å². The number of ether oxygens (including phenoxy) is 1. The Kier molecular flexibility index (Phi) is 7.92. The van der Waals surface area contributed by atoms with Gasteiger partial charge in [0.1, 0.15) is 5.03 Å². The van der Waals surface area contributed by atoms with Gasteiger partial charge in [0.05, 0.1) is 11.9 Å². The summed E-state index contributed by atoms with van der Waals surface area (Å²) < 4.78 is 5.61. The van der Waals surface area contributed by atoms with Crippen LogP contribution in [-0.4, -0.2) is 29.9 Å². The second kappa shape index (κ2) is 10.9. The maximum Gasteiger partial charge on any atom is 0.170 e. The normalized spacial score (nSPS) is 15.2. The van der Waals surface area contributed by atoms with Crippen molar-refractivity contribution in [2.75, 3.05) is 25.1 Å². The van der Waals surface area contributed by atoms with Gasteiger partial charge in [0.2, 0.25) is 0 Å². The van der Waals surface area contributed by atoms with Gasteiger partial charge in [0.15, 0.2) is 5.11 Å². The Hall–Kier alpha value is -1.83. The molecule has 2 N–H and O–H groups in total. The lowest BCUT2D eigenvalue weighted by Gasteiger charge is -2.38. The lowest BCUT2D eigenvalue weighted by Crippen LogP contribution is -2.45. The van der Waals surface area contributed by atoms with Gasteiger partial charge in [-0.1, -0.05) is 47.1 Å². The Labute approximate surface area is 208 Å². The minimum atomic E-state index is -0.0358. The van der Waals surface area contributed by atoms with Crippen molar-refractivity contribution in [3.63, 3.8) is 0 Å². The zero-order valence-electron chi connectivity index (χ0n) is 17.3. The lowest BCUT2D eigenvalue weighted by atomic mass is 9.74. The Morgan fingerprint density at radius 2 is 1.62 bits per heavy atom. The van der Waals surface area contributed by atoms with Crippen LogP contribution in [0.15, 0.2) is 76.8 Å². The van der Waals surface area contributed by atoms with E-state index in [2.05, 4.69) is 27.8 Å². The number of anilines is 1. The molecule has 1 aliphatic rings. The van der Waals surface area contributed by atoms with Gasteiger partial charge in [-0.25, -0.2) is 4.98 Å². The fourth-order valence-corrected chi connectivity index (χ4v) is 4.89. The molecule has 0 saturated carbocycles. The van der Waals surface area contributed by atoms with E-state index in [1.54, 1.807) is 18.0 Å². The van der Waals surface area contributed by atoms with Crippen LogP contribution in [0.5, 0.6) is 0 Å². The highest BCUT2D eigenvalue weighted by Crippen LogP contribution is 2.35. The summed E-state index contributed by atoms with van der Waals surface area (Å²) in [5.41, 5.74) is 2.06. The maximum absolute atomic E-state index is 6.09. The number of benzene rings is 2. The minimum Gasteiger partial charge on any atom is -0.381 e. The maximum atomic E-state index is 6.09. The molecule has 1 aliphatic heterocycles. The van der Waals surface area contributed by atoms with E-state index in [1.165, 1.54) is 5.56 Å². The molecule has 0 spiro atoms. The van der Waals surface area contributed by atoms with Crippen LogP contribution >= 0.6 is 47.2 Å². The fourth-order valence-electron chi connectivity index (χ4n) is 3.70. The number of pyridine rings is 1. The Morgan fingerprint density at radius 3 is 2.25 bits per heavy atom. The Morgan fingerprint density at radius 1 is 0.969 bits per heavy atom. The van der Waals surface area contributed by atoms with Gasteiger partial charge in [-0.15, -0.1) is 0 Å². The van der Waals surface area contributed by atoms with Crippen LogP contribution in [-0.2, 0) is 10.2 Å². The molecule has 0 atom stereocenters. The first kappa shape index (κ1) is 23.3. The highest BCUT2D eigenvalue weighted by molar-refractivity contribution is 7.99. The standard InChI is InChI=1S/C24H23Cl2N3OS2/c25-18-3-1-17(2-4-18)24(11-13-30-14-12-24)16-28-23(31)29-20-7-10-22(27-15-20)32-21-8-5-19(26)6-9-21/h1-10,15H,11-14,16H2,(H2,28,29,31). The third-order valence-electron chi connectivity index (χ3n) is 5.52. The molecule has 1 saturated heterocycles. The summed E-state index contributed by atoms with van der Waals surface area (Å²) >= 11 is 19.2. The van der Waals surface area contributed by atoms with Gasteiger partial charge in [-0.2, -0.15) is 0 Å². The van der Waals surface area contributed by atoms with Crippen LogP contribution in [0.4, 0.5) is 5.69 Å². The van der Waals surface area contributed by atoms with Gasteiger partial charge in [-0.05, 0) is 79.2 Å². The Bertz CT molecular complexity index is 1040. The third-order valence-corrected chi connectivity index (χ3v) is 7.23. The zero-order chi connectivity index (χ0) is 22.4. The number of hydrogen-bond acceptors (Lipinski definition) is 4. The SMILES string of the molecule is S=C(NCC1(c2ccc(Cl)cc2)CCOCC1)Nc1ccc(Sc2ccc(Cl)cc2)nc1. The molecule has 32 heavy (non-hydrogen) atoms. The number of aromatic nitrogens is 1. The summed E-state index contributed by atoms with van der Waals surface area (Å²) in [6, 6.07) is 19.7. The van der Waals surface area contributed by atoms with Crippen molar-refractivity contribution in [1.29, 1.82) is 0 Å². The van der Waals surface area contributed by atoms with Crippen LogP contribution in [0.3, 0.4) is 0 Å². The van der Waals surface area contributed by atoms with Crippen molar-refractivity contribution >= 4 is 58.0 Å². The molecular weight excluding hydrogens is 481 g/mol. The summed E-state index contributed by atoms with van der Waals surface area (Å²) in [6.45, 7) is 2.20. The molecule has 2 heterocycles. The minimum absolute atomic E-state index is 0.0358. The highest BCUT2D eigenvalue weighted by Gasteiger charge is 2.34. The molecule has 0 amide bonds. The number of nitrogens with zero attached hydrogens (tertiary/aromatic N) is 1. The van der Waals surface area contributed by atoms with E-state index in [4.69, 9.17) is 40.2 Å². The summed E-state index contributed by atoms with van der Waals surface area (Å²) in [6.07, 6.45) is 3.65. The van der Waals surface area contributed by atoms with Gasteiger partial charge in [0, 0.05) is 40.1 Å². The van der Waals surface area contributed by atoms with Crippen molar-refractivity contribution in [2.45, 2.75) is 28.2 Å². The number of rotatable bonds is 6. The smallest absolute Gasteiger partial charge is 0.170 e. The molecule has 3 aromatic rings. The lowest BCUT2D eigenvalue weighted by molar-refractivity contribution is 0.0515. The molecular formula is C24H23Cl2N3OS2. The average Bonchev–Trinajstić information content (AvgIpc) is 2.82. The first-order chi connectivity index (χ1) is 15.5. The average molecular weight is 505 g/mol. The highest BCUT2D eigenvalue weighted by atomic mass is 35.5. The summed E-state index contributed by atoms with van der Waals surface area (Å²) in [5.74, 6) is 0. The van der Waals surface area contributed by atoms with Gasteiger partial charge in [0.25, 0.3) is 0 Å². The molecule has 166 valence electrons. The van der Waals surface area contributed by atoms with E-state index in [1.807, 2.05) is 48.5 Å². The number of hydrogen-bond donors (Lipinski definition) is 2. The molecule has 2 aromatic carbocycles. The van der Waals surface area contributed by atoms with E-state index in [0.29, 0.717) is 5.11 Å². The van der Waals surface area contributed by atoms with Crippen molar-refractivity contribution in [3.8, 4) is 0 Å². The first-order valence-electron chi connectivity index (χ1n) is 10.3. The largest absolute Gasteiger partial charge is 0.381 e. The van der Waals surface area contributed by atoms with E-state index in [9.17, 15) is 0 Å². The summed E-state index contributed by atoms with van der Waals surface area (Å²) in [7, 11) is 0. The van der Waals surface area contributed by atoms with Crippen molar-refractivity contribution in [1.82, 2.24) is 10.3 Å². The van der Waals surface area contributed by atoms with Gasteiger partial charge < -0.3 is 15.4 Å². The molecule has 0 aliphatic carbocycles. The fraction of sp³-hybridized carbons (Fsp3) is 0.250. The molecule has 0 radical (unpaired) electrons. The number of nitrogens with one attached hydrogen (secondary N) is 2. The van der Waals surface area contributed by atoms with Crippen LogP contribution < -0.4 is 10.6 Å². The molecule has 4 rings (SSSR count). The molecule has 0 unspecified atom stereocenters. The molecule has 4 nitrogen and oxygen atoms in total. The zero-order valence-corrected chi connectivity index (χ0v) is 20.5. The summed E-state index contributed by atoms with van der Waals surface area (Å²) in [4.78, 5) is 5.61. The second-order valence-corrected chi connectivity index (χ2v) is 10.0. The summed E-state index contributed by atoms with van der Waals surface area (Å²) in [5, 5.41) is 9.58. The van der Waals surface area contributed by atoms with Crippen LogP contribution in [0.2, 0.25) is 10.0 Å². The van der Waals surface area contributed by atoms with Crippen molar-refractivity contribution in [3.05, 3.63) is 82.5 Å². The quantitative estimate of drug-likeness (QED) is 0.370. The van der Waals surface area contributed by atoms with Crippen LogP contribution in [0, 0.1) is 0 Å². The second-order valence-electron chi connectivity index (χ2n) is 7.65. The Balaban J connectivity index is 1.35. The van der Waals surface area contributed by atoms with Crippen LogP contribution in [0.25, 0.3) is 0 Å². The van der Waals surface area contributed by atoms with E-state index in [0.717, 1.165) is 58.3 Å². The van der Waals surface area contributed by atoms with E-state index < -0.39 is 0 Å². The van der Waals surface area contributed by atoms with Gasteiger partial charge >= 0.3 is 0 Å². The van der Waals surface area contributed by atoms with Gasteiger partial charge in [-0.3, -0.25) is 0 Å². The number of thiocarbonyl (C=S) groups is 1. The molecule has 1 fully saturated rings.